The molecule has 30 heavy (non-hydrogen) atoms. The van der Waals surface area contributed by atoms with Gasteiger partial charge in [0.1, 0.15) is 16.8 Å². The number of benzene rings is 2. The van der Waals surface area contributed by atoms with E-state index < -0.39 is 0 Å². The standard InChI is InChI=1S/C20H21ClN4O4S/c1-24(19(27)13-3-4-17-18(11-13)23-30-22-17)5-7-29-8-6-25(2)20(28)14-9-15(21)12-16(26)10-14/h3-4,9-12,26H,5-8H2,1-2H3. The van der Waals surface area contributed by atoms with Gasteiger partial charge in [0.15, 0.2) is 0 Å². The van der Waals surface area contributed by atoms with Crippen molar-refractivity contribution in [3.05, 3.63) is 52.5 Å². The molecular weight excluding hydrogens is 428 g/mol. The number of rotatable bonds is 8. The predicted octanol–water partition coefficient (Wildman–Crippen LogP) is 2.91. The van der Waals surface area contributed by atoms with Crippen LogP contribution in [0.1, 0.15) is 20.7 Å². The minimum atomic E-state index is -0.268. The number of carbonyl (C=O) groups excluding carboxylic acids is 2. The van der Waals surface area contributed by atoms with Crippen LogP contribution in [-0.2, 0) is 4.74 Å². The highest BCUT2D eigenvalue weighted by Gasteiger charge is 2.15. The van der Waals surface area contributed by atoms with Gasteiger partial charge in [0, 0.05) is 43.3 Å². The van der Waals surface area contributed by atoms with Crippen molar-refractivity contribution in [2.24, 2.45) is 0 Å². The van der Waals surface area contributed by atoms with Gasteiger partial charge in [-0.15, -0.1) is 0 Å². The Hall–Kier alpha value is -2.75. The Balaban J connectivity index is 1.41. The Kier molecular flexibility index (Phi) is 7.20. The molecule has 1 heterocycles. The lowest BCUT2D eigenvalue weighted by Gasteiger charge is -2.19. The fourth-order valence-electron chi connectivity index (χ4n) is 2.76. The summed E-state index contributed by atoms with van der Waals surface area (Å²) >= 11 is 6.99. The van der Waals surface area contributed by atoms with Gasteiger partial charge in [-0.2, -0.15) is 8.75 Å². The van der Waals surface area contributed by atoms with E-state index >= 15 is 0 Å². The van der Waals surface area contributed by atoms with Crippen LogP contribution in [0.4, 0.5) is 0 Å². The van der Waals surface area contributed by atoms with Gasteiger partial charge in [-0.25, -0.2) is 0 Å². The number of hydrogen-bond donors (Lipinski definition) is 1. The van der Waals surface area contributed by atoms with Gasteiger partial charge in [0.05, 0.1) is 24.9 Å². The number of phenols is 1. The molecule has 0 spiro atoms. The summed E-state index contributed by atoms with van der Waals surface area (Å²) < 4.78 is 13.8. The molecule has 0 atom stereocenters. The Morgan fingerprint density at radius 3 is 2.27 bits per heavy atom. The number of phenolic OH excluding ortho intramolecular Hbond substituents is 1. The van der Waals surface area contributed by atoms with E-state index in [-0.39, 0.29) is 17.6 Å². The van der Waals surface area contributed by atoms with E-state index in [0.717, 1.165) is 17.2 Å². The van der Waals surface area contributed by atoms with Gasteiger partial charge in [-0.05, 0) is 36.4 Å². The molecule has 0 aliphatic heterocycles. The summed E-state index contributed by atoms with van der Waals surface area (Å²) in [6.45, 7) is 1.42. The average molecular weight is 449 g/mol. The summed E-state index contributed by atoms with van der Waals surface area (Å²) in [5.41, 5.74) is 2.33. The molecular formula is C20H21ClN4O4S. The van der Waals surface area contributed by atoms with Crippen LogP contribution in [0.15, 0.2) is 36.4 Å². The third kappa shape index (κ3) is 5.44. The highest BCUT2D eigenvalue weighted by molar-refractivity contribution is 7.00. The summed E-state index contributed by atoms with van der Waals surface area (Å²) in [6.07, 6.45) is 0. The Labute approximate surface area is 183 Å². The molecule has 3 aromatic rings. The van der Waals surface area contributed by atoms with Crippen molar-refractivity contribution in [2.45, 2.75) is 0 Å². The predicted molar refractivity (Wildman–Crippen MR) is 115 cm³/mol. The monoisotopic (exact) mass is 448 g/mol. The number of halogens is 1. The molecule has 1 aromatic heterocycles. The van der Waals surface area contributed by atoms with E-state index in [1.807, 2.05) is 0 Å². The highest BCUT2D eigenvalue weighted by atomic mass is 35.5. The fourth-order valence-corrected chi connectivity index (χ4v) is 3.51. The quantitative estimate of drug-likeness (QED) is 0.532. The number of ether oxygens (including phenoxy) is 1. The molecule has 2 amide bonds. The Morgan fingerprint density at radius 2 is 1.60 bits per heavy atom. The van der Waals surface area contributed by atoms with E-state index in [4.69, 9.17) is 16.3 Å². The number of aromatic nitrogens is 2. The van der Waals surface area contributed by atoms with Crippen molar-refractivity contribution in [3.63, 3.8) is 0 Å². The van der Waals surface area contributed by atoms with Gasteiger partial charge in [-0.1, -0.05) is 11.6 Å². The second-order valence-corrected chi connectivity index (χ2v) is 7.70. The number of nitrogens with zero attached hydrogens (tertiary/aromatic N) is 4. The molecule has 0 unspecified atom stereocenters. The molecule has 0 bridgehead atoms. The summed E-state index contributed by atoms with van der Waals surface area (Å²) in [5.74, 6) is -0.453. The van der Waals surface area contributed by atoms with Crippen LogP contribution in [-0.4, -0.2) is 75.9 Å². The lowest BCUT2D eigenvalue weighted by molar-refractivity contribution is 0.0611. The van der Waals surface area contributed by atoms with Crippen molar-refractivity contribution in [1.29, 1.82) is 0 Å². The molecule has 2 aromatic carbocycles. The first-order chi connectivity index (χ1) is 14.3. The molecule has 0 aliphatic rings. The number of hydrogen-bond acceptors (Lipinski definition) is 7. The maximum absolute atomic E-state index is 12.5. The number of likely N-dealkylation sites (N-methyl/N-ethyl adjacent to an activating group) is 2. The second kappa shape index (κ2) is 9.84. The fraction of sp³-hybridized carbons (Fsp3) is 0.300. The molecule has 1 N–H and O–H groups in total. The first kappa shape index (κ1) is 21.9. The number of aromatic hydroxyl groups is 1. The largest absolute Gasteiger partial charge is 0.508 e. The minimum Gasteiger partial charge on any atom is -0.508 e. The third-order valence-electron chi connectivity index (χ3n) is 4.47. The molecule has 0 radical (unpaired) electrons. The average Bonchev–Trinajstić information content (AvgIpc) is 3.19. The van der Waals surface area contributed by atoms with E-state index in [1.54, 1.807) is 37.2 Å². The topological polar surface area (TPSA) is 95.9 Å². The Morgan fingerprint density at radius 1 is 0.967 bits per heavy atom. The van der Waals surface area contributed by atoms with Crippen LogP contribution in [0.5, 0.6) is 5.75 Å². The number of carbonyl (C=O) groups is 2. The smallest absolute Gasteiger partial charge is 0.253 e. The van der Waals surface area contributed by atoms with Crippen molar-refractivity contribution in [3.8, 4) is 5.75 Å². The molecule has 10 heteroatoms. The van der Waals surface area contributed by atoms with Crippen molar-refractivity contribution in [1.82, 2.24) is 18.5 Å². The molecule has 3 rings (SSSR count). The van der Waals surface area contributed by atoms with E-state index in [9.17, 15) is 14.7 Å². The zero-order valence-corrected chi connectivity index (χ0v) is 18.1. The summed E-state index contributed by atoms with van der Waals surface area (Å²) in [7, 11) is 3.35. The first-order valence-electron chi connectivity index (χ1n) is 9.15. The maximum Gasteiger partial charge on any atom is 0.253 e. The third-order valence-corrected chi connectivity index (χ3v) is 5.24. The van der Waals surface area contributed by atoms with Crippen LogP contribution >= 0.6 is 23.3 Å². The molecule has 0 saturated carbocycles. The highest BCUT2D eigenvalue weighted by Crippen LogP contribution is 2.20. The van der Waals surface area contributed by atoms with Gasteiger partial charge in [0.25, 0.3) is 11.8 Å². The molecule has 0 aliphatic carbocycles. The maximum atomic E-state index is 12.5. The van der Waals surface area contributed by atoms with E-state index in [0.29, 0.717) is 48.0 Å². The van der Waals surface area contributed by atoms with E-state index in [2.05, 4.69) is 8.75 Å². The van der Waals surface area contributed by atoms with Gasteiger partial charge >= 0.3 is 0 Å². The summed E-state index contributed by atoms with van der Waals surface area (Å²) in [4.78, 5) is 28.0. The molecule has 0 fully saturated rings. The van der Waals surface area contributed by atoms with Crippen LogP contribution in [0.2, 0.25) is 5.02 Å². The van der Waals surface area contributed by atoms with Crippen LogP contribution in [0.3, 0.4) is 0 Å². The lowest BCUT2D eigenvalue weighted by Crippen LogP contribution is -2.32. The van der Waals surface area contributed by atoms with Crippen LogP contribution in [0, 0.1) is 0 Å². The molecule has 8 nitrogen and oxygen atoms in total. The zero-order valence-electron chi connectivity index (χ0n) is 16.5. The SMILES string of the molecule is CN(CCOCCN(C)C(=O)c1ccc2nsnc2c1)C(=O)c1cc(O)cc(Cl)c1. The van der Waals surface area contributed by atoms with Gasteiger partial charge in [0.2, 0.25) is 0 Å². The van der Waals surface area contributed by atoms with Crippen LogP contribution < -0.4 is 0 Å². The Bertz CT molecular complexity index is 1040. The lowest BCUT2D eigenvalue weighted by atomic mass is 10.2. The molecule has 158 valence electrons. The molecule has 0 saturated heterocycles. The van der Waals surface area contributed by atoms with Gasteiger partial charge < -0.3 is 19.6 Å². The first-order valence-corrected chi connectivity index (χ1v) is 10.3. The summed E-state index contributed by atoms with van der Waals surface area (Å²) in [5, 5.41) is 9.87. The summed E-state index contributed by atoms with van der Waals surface area (Å²) in [6, 6.07) is 9.48. The second-order valence-electron chi connectivity index (χ2n) is 6.73. The zero-order chi connectivity index (χ0) is 21.7. The van der Waals surface area contributed by atoms with Crippen molar-refractivity contribution in [2.75, 3.05) is 40.4 Å². The number of fused-ring (bicyclic) bond motifs is 1. The van der Waals surface area contributed by atoms with Gasteiger partial charge in [-0.3, -0.25) is 9.59 Å². The van der Waals surface area contributed by atoms with E-state index in [1.165, 1.54) is 23.1 Å². The number of amides is 2. The van der Waals surface area contributed by atoms with Crippen molar-refractivity contribution >= 4 is 46.2 Å². The van der Waals surface area contributed by atoms with Crippen molar-refractivity contribution < 1.29 is 19.4 Å². The normalized spacial score (nSPS) is 10.9. The minimum absolute atomic E-state index is 0.0617. The van der Waals surface area contributed by atoms with Crippen LogP contribution in [0.25, 0.3) is 11.0 Å².